The summed E-state index contributed by atoms with van der Waals surface area (Å²) in [5.41, 5.74) is 2.48. The molecule has 1 fully saturated rings. The molecule has 0 saturated carbocycles. The maximum Gasteiger partial charge on any atom is 0.419 e. The number of amides is 1. The number of piperazine rings is 1. The van der Waals surface area contributed by atoms with Crippen LogP contribution in [0.4, 0.5) is 5.69 Å². The first kappa shape index (κ1) is 16.4. The second kappa shape index (κ2) is 7.07. The van der Waals surface area contributed by atoms with E-state index in [9.17, 15) is 9.59 Å². The number of aromatic nitrogens is 1. The summed E-state index contributed by atoms with van der Waals surface area (Å²) in [4.78, 5) is 28.7. The molecule has 1 amide bonds. The van der Waals surface area contributed by atoms with E-state index < -0.39 is 5.76 Å². The number of para-hydroxylation sites is 3. The van der Waals surface area contributed by atoms with Crippen LogP contribution in [0.15, 0.2) is 63.8 Å². The molecule has 0 bridgehead atoms. The molecule has 134 valence electrons. The fourth-order valence-electron chi connectivity index (χ4n) is 3.44. The van der Waals surface area contributed by atoms with Gasteiger partial charge >= 0.3 is 5.76 Å². The molecule has 3 aromatic rings. The van der Waals surface area contributed by atoms with Gasteiger partial charge in [-0.25, -0.2) is 4.79 Å². The van der Waals surface area contributed by atoms with Gasteiger partial charge in [-0.1, -0.05) is 30.3 Å². The number of hydrogen-bond donors (Lipinski definition) is 0. The zero-order valence-electron chi connectivity index (χ0n) is 14.5. The number of anilines is 1. The predicted molar refractivity (Wildman–Crippen MR) is 100 cm³/mol. The molecule has 0 unspecified atom stereocenters. The molecule has 0 atom stereocenters. The van der Waals surface area contributed by atoms with Crippen LogP contribution in [-0.2, 0) is 11.3 Å². The zero-order chi connectivity index (χ0) is 17.9. The minimum Gasteiger partial charge on any atom is -0.408 e. The van der Waals surface area contributed by atoms with E-state index in [1.54, 1.807) is 6.07 Å². The summed E-state index contributed by atoms with van der Waals surface area (Å²) in [5.74, 6) is -0.331. The highest BCUT2D eigenvalue weighted by Gasteiger charge is 2.21. The Bertz CT molecular complexity index is 953. The average molecular weight is 351 g/mol. The second-order valence-corrected chi connectivity index (χ2v) is 6.44. The van der Waals surface area contributed by atoms with Gasteiger partial charge in [-0.05, 0) is 24.3 Å². The maximum atomic E-state index is 12.5. The summed E-state index contributed by atoms with van der Waals surface area (Å²) in [6.45, 7) is 3.39. The van der Waals surface area contributed by atoms with Crippen molar-refractivity contribution >= 4 is 22.7 Å². The Kier molecular flexibility index (Phi) is 4.48. The molecule has 1 saturated heterocycles. The first-order valence-corrected chi connectivity index (χ1v) is 8.88. The van der Waals surface area contributed by atoms with Crippen molar-refractivity contribution in [3.63, 3.8) is 0 Å². The van der Waals surface area contributed by atoms with E-state index in [1.807, 2.05) is 41.3 Å². The van der Waals surface area contributed by atoms with Crippen molar-refractivity contribution in [2.24, 2.45) is 0 Å². The first-order valence-electron chi connectivity index (χ1n) is 8.88. The molecular weight excluding hydrogens is 330 g/mol. The molecule has 6 nitrogen and oxygen atoms in total. The Balaban J connectivity index is 1.36. The number of oxazole rings is 1. The number of fused-ring (bicyclic) bond motifs is 1. The highest BCUT2D eigenvalue weighted by molar-refractivity contribution is 5.77. The fraction of sp³-hybridized carbons (Fsp3) is 0.300. The van der Waals surface area contributed by atoms with Gasteiger partial charge in [0.1, 0.15) is 0 Å². The number of carbonyl (C=O) groups excluding carboxylic acids is 1. The molecular formula is C20H21N3O3. The van der Waals surface area contributed by atoms with Crippen LogP contribution >= 0.6 is 0 Å². The number of rotatable bonds is 4. The summed E-state index contributed by atoms with van der Waals surface area (Å²) >= 11 is 0. The van der Waals surface area contributed by atoms with Gasteiger partial charge in [-0.3, -0.25) is 9.36 Å². The number of benzene rings is 2. The van der Waals surface area contributed by atoms with E-state index in [1.165, 1.54) is 10.3 Å². The Labute approximate surface area is 151 Å². The molecule has 0 N–H and O–H groups in total. The minimum absolute atomic E-state index is 0.0786. The van der Waals surface area contributed by atoms with Gasteiger partial charge in [-0.15, -0.1) is 0 Å². The Morgan fingerprint density at radius 3 is 2.38 bits per heavy atom. The SMILES string of the molecule is O=C(CCn1c(=O)oc2ccccc21)N1CCN(c2ccccc2)CC1. The molecule has 1 aromatic heterocycles. The quantitative estimate of drug-likeness (QED) is 0.724. The lowest BCUT2D eigenvalue weighted by Gasteiger charge is -2.36. The molecule has 0 radical (unpaired) electrons. The van der Waals surface area contributed by atoms with Crippen molar-refractivity contribution in [2.75, 3.05) is 31.1 Å². The molecule has 4 rings (SSSR count). The van der Waals surface area contributed by atoms with Gasteiger partial charge in [0, 0.05) is 44.8 Å². The van der Waals surface area contributed by atoms with Crippen LogP contribution in [0.2, 0.25) is 0 Å². The third kappa shape index (κ3) is 3.22. The van der Waals surface area contributed by atoms with Gasteiger partial charge in [0.15, 0.2) is 5.58 Å². The van der Waals surface area contributed by atoms with Crippen LogP contribution in [0.3, 0.4) is 0 Å². The third-order valence-electron chi connectivity index (χ3n) is 4.88. The van der Waals surface area contributed by atoms with E-state index in [-0.39, 0.29) is 5.91 Å². The first-order chi connectivity index (χ1) is 12.7. The topological polar surface area (TPSA) is 58.7 Å². The van der Waals surface area contributed by atoms with Gasteiger partial charge in [0.05, 0.1) is 5.52 Å². The molecule has 2 heterocycles. The van der Waals surface area contributed by atoms with Crippen LogP contribution in [0, 0.1) is 0 Å². The van der Waals surface area contributed by atoms with E-state index in [4.69, 9.17) is 4.42 Å². The van der Waals surface area contributed by atoms with Gasteiger partial charge in [0.2, 0.25) is 5.91 Å². The molecule has 2 aromatic carbocycles. The molecule has 26 heavy (non-hydrogen) atoms. The van der Waals surface area contributed by atoms with Crippen LogP contribution < -0.4 is 10.7 Å². The van der Waals surface area contributed by atoms with Crippen molar-refractivity contribution < 1.29 is 9.21 Å². The van der Waals surface area contributed by atoms with Crippen LogP contribution in [-0.4, -0.2) is 41.6 Å². The Hall–Kier alpha value is -3.02. The highest BCUT2D eigenvalue weighted by atomic mass is 16.4. The summed E-state index contributed by atoms with van der Waals surface area (Å²) in [5, 5.41) is 0. The molecule has 6 heteroatoms. The van der Waals surface area contributed by atoms with Crippen molar-refractivity contribution in [1.82, 2.24) is 9.47 Å². The van der Waals surface area contributed by atoms with Gasteiger partial charge in [0.25, 0.3) is 0 Å². The summed E-state index contributed by atoms with van der Waals surface area (Å²) < 4.78 is 6.75. The Morgan fingerprint density at radius 2 is 1.62 bits per heavy atom. The third-order valence-corrected chi connectivity index (χ3v) is 4.88. The van der Waals surface area contributed by atoms with Crippen LogP contribution in [0.1, 0.15) is 6.42 Å². The standard InChI is InChI=1S/C20H21N3O3/c24-19(10-11-23-17-8-4-5-9-18(17)26-20(23)25)22-14-12-21(13-15-22)16-6-2-1-3-7-16/h1-9H,10-15H2. The van der Waals surface area contributed by atoms with Gasteiger partial charge < -0.3 is 14.2 Å². The largest absolute Gasteiger partial charge is 0.419 e. The predicted octanol–water partition coefficient (Wildman–Crippen LogP) is 2.33. The lowest BCUT2D eigenvalue weighted by molar-refractivity contribution is -0.131. The highest BCUT2D eigenvalue weighted by Crippen LogP contribution is 2.16. The minimum atomic E-state index is -0.409. The van der Waals surface area contributed by atoms with Crippen molar-refractivity contribution in [3.8, 4) is 0 Å². The summed E-state index contributed by atoms with van der Waals surface area (Å²) in [6, 6.07) is 17.5. The van der Waals surface area contributed by atoms with E-state index in [0.29, 0.717) is 31.6 Å². The lowest BCUT2D eigenvalue weighted by Crippen LogP contribution is -2.49. The zero-order valence-corrected chi connectivity index (χ0v) is 14.5. The lowest BCUT2D eigenvalue weighted by atomic mass is 10.2. The van der Waals surface area contributed by atoms with Crippen LogP contribution in [0.25, 0.3) is 11.1 Å². The fourth-order valence-corrected chi connectivity index (χ4v) is 3.44. The number of carbonyl (C=O) groups is 1. The van der Waals surface area contributed by atoms with Crippen molar-refractivity contribution in [3.05, 3.63) is 65.1 Å². The summed E-state index contributed by atoms with van der Waals surface area (Å²) in [6.07, 6.45) is 0.300. The van der Waals surface area contributed by atoms with Crippen molar-refractivity contribution in [2.45, 2.75) is 13.0 Å². The van der Waals surface area contributed by atoms with Gasteiger partial charge in [-0.2, -0.15) is 0 Å². The Morgan fingerprint density at radius 1 is 0.923 bits per heavy atom. The number of aryl methyl sites for hydroxylation is 1. The smallest absolute Gasteiger partial charge is 0.408 e. The molecule has 1 aliphatic heterocycles. The van der Waals surface area contributed by atoms with Crippen LogP contribution in [0.5, 0.6) is 0 Å². The van der Waals surface area contributed by atoms with Crippen molar-refractivity contribution in [1.29, 1.82) is 0 Å². The average Bonchev–Trinajstić information content (AvgIpc) is 3.02. The second-order valence-electron chi connectivity index (χ2n) is 6.44. The van der Waals surface area contributed by atoms with E-state index in [0.717, 1.165) is 18.6 Å². The van der Waals surface area contributed by atoms with E-state index >= 15 is 0 Å². The monoisotopic (exact) mass is 351 g/mol. The van der Waals surface area contributed by atoms with E-state index in [2.05, 4.69) is 17.0 Å². The normalized spacial score (nSPS) is 14.8. The molecule has 0 spiro atoms. The number of nitrogens with zero attached hydrogens (tertiary/aromatic N) is 3. The molecule has 0 aliphatic carbocycles. The number of hydrogen-bond acceptors (Lipinski definition) is 4. The maximum absolute atomic E-state index is 12.5. The summed E-state index contributed by atoms with van der Waals surface area (Å²) in [7, 11) is 0. The molecule has 1 aliphatic rings.